The highest BCUT2D eigenvalue weighted by Gasteiger charge is 2.30. The van der Waals surface area contributed by atoms with Gasteiger partial charge < -0.3 is 10.1 Å². The van der Waals surface area contributed by atoms with Crippen LogP contribution in [0.3, 0.4) is 0 Å². The summed E-state index contributed by atoms with van der Waals surface area (Å²) in [5, 5.41) is 3.25. The highest BCUT2D eigenvalue weighted by Crippen LogP contribution is 2.30. The van der Waals surface area contributed by atoms with Gasteiger partial charge >= 0.3 is 6.18 Å². The molecular formula is C17H15ClF3NO2. The van der Waals surface area contributed by atoms with Gasteiger partial charge in [0.2, 0.25) is 0 Å². The first-order valence-corrected chi connectivity index (χ1v) is 7.49. The third-order valence-corrected chi connectivity index (χ3v) is 3.65. The van der Waals surface area contributed by atoms with E-state index in [4.69, 9.17) is 16.3 Å². The van der Waals surface area contributed by atoms with Crippen molar-refractivity contribution >= 4 is 17.5 Å². The molecule has 0 spiro atoms. The SMILES string of the molecule is C[C@@H](NC(=O)COc1ccc(C(F)(F)F)cc1)c1ccccc1Cl. The Hall–Kier alpha value is -2.21. The molecule has 1 atom stereocenters. The minimum absolute atomic E-state index is 0.184. The van der Waals surface area contributed by atoms with E-state index < -0.39 is 17.6 Å². The van der Waals surface area contributed by atoms with Crippen LogP contribution in [0.15, 0.2) is 48.5 Å². The molecule has 0 aliphatic carbocycles. The molecule has 2 aromatic carbocycles. The molecule has 0 aliphatic heterocycles. The van der Waals surface area contributed by atoms with Gasteiger partial charge in [-0.15, -0.1) is 0 Å². The summed E-state index contributed by atoms with van der Waals surface area (Å²) in [6.45, 7) is 1.47. The van der Waals surface area contributed by atoms with Crippen LogP contribution < -0.4 is 10.1 Å². The molecule has 0 aliphatic rings. The van der Waals surface area contributed by atoms with Gasteiger partial charge in [-0.1, -0.05) is 29.8 Å². The van der Waals surface area contributed by atoms with E-state index in [-0.39, 0.29) is 18.4 Å². The van der Waals surface area contributed by atoms with Crippen molar-refractivity contribution in [2.75, 3.05) is 6.61 Å². The normalized spacial score (nSPS) is 12.5. The van der Waals surface area contributed by atoms with Gasteiger partial charge in [0, 0.05) is 5.02 Å². The van der Waals surface area contributed by atoms with Crippen LogP contribution in [0.4, 0.5) is 13.2 Å². The first-order valence-electron chi connectivity index (χ1n) is 7.11. The van der Waals surface area contributed by atoms with Gasteiger partial charge in [-0.25, -0.2) is 0 Å². The van der Waals surface area contributed by atoms with E-state index >= 15 is 0 Å². The van der Waals surface area contributed by atoms with E-state index in [1.807, 2.05) is 6.07 Å². The highest BCUT2D eigenvalue weighted by atomic mass is 35.5. The molecule has 128 valence electrons. The van der Waals surface area contributed by atoms with Crippen molar-refractivity contribution in [3.05, 3.63) is 64.7 Å². The van der Waals surface area contributed by atoms with E-state index in [1.54, 1.807) is 25.1 Å². The van der Waals surface area contributed by atoms with Crippen LogP contribution in [0.2, 0.25) is 5.02 Å². The van der Waals surface area contributed by atoms with E-state index in [0.29, 0.717) is 5.02 Å². The zero-order valence-electron chi connectivity index (χ0n) is 12.7. The summed E-state index contributed by atoms with van der Waals surface area (Å²) in [4.78, 5) is 11.9. The van der Waals surface area contributed by atoms with Gasteiger partial charge in [-0.2, -0.15) is 13.2 Å². The van der Waals surface area contributed by atoms with Crippen molar-refractivity contribution in [2.24, 2.45) is 0 Å². The molecule has 0 saturated carbocycles. The first kappa shape index (κ1) is 18.1. The Morgan fingerprint density at radius 1 is 1.17 bits per heavy atom. The predicted octanol–water partition coefficient (Wildman–Crippen LogP) is 4.62. The van der Waals surface area contributed by atoms with E-state index in [9.17, 15) is 18.0 Å². The number of rotatable bonds is 5. The molecule has 0 saturated heterocycles. The lowest BCUT2D eigenvalue weighted by Gasteiger charge is -2.16. The molecule has 0 radical (unpaired) electrons. The van der Waals surface area contributed by atoms with Crippen LogP contribution in [0.25, 0.3) is 0 Å². The summed E-state index contributed by atoms with van der Waals surface area (Å²) in [6.07, 6.45) is -4.40. The fraction of sp³-hybridized carbons (Fsp3) is 0.235. The fourth-order valence-electron chi connectivity index (χ4n) is 2.08. The number of ether oxygens (including phenoxy) is 1. The summed E-state index contributed by atoms with van der Waals surface area (Å²) in [6, 6.07) is 10.9. The molecule has 0 aromatic heterocycles. The average Bonchev–Trinajstić information content (AvgIpc) is 2.53. The van der Waals surface area contributed by atoms with Crippen LogP contribution in [0, 0.1) is 0 Å². The molecule has 0 heterocycles. The van der Waals surface area contributed by atoms with Crippen molar-refractivity contribution in [3.8, 4) is 5.75 Å². The second kappa shape index (κ2) is 7.57. The van der Waals surface area contributed by atoms with E-state index in [2.05, 4.69) is 5.32 Å². The fourth-order valence-corrected chi connectivity index (χ4v) is 2.38. The van der Waals surface area contributed by atoms with Crippen molar-refractivity contribution in [1.82, 2.24) is 5.32 Å². The lowest BCUT2D eigenvalue weighted by molar-refractivity contribution is -0.137. The number of hydrogen-bond donors (Lipinski definition) is 1. The number of amides is 1. The molecule has 2 rings (SSSR count). The second-order valence-electron chi connectivity index (χ2n) is 5.12. The third kappa shape index (κ3) is 4.89. The van der Waals surface area contributed by atoms with Gasteiger partial charge in [0.15, 0.2) is 6.61 Å². The average molecular weight is 358 g/mol. The maximum absolute atomic E-state index is 12.5. The number of carbonyl (C=O) groups is 1. The molecular weight excluding hydrogens is 343 g/mol. The standard InChI is InChI=1S/C17H15ClF3NO2/c1-11(14-4-2-3-5-15(14)18)22-16(23)10-24-13-8-6-12(7-9-13)17(19,20)21/h2-9,11H,10H2,1H3,(H,22,23)/t11-/m1/s1. The Morgan fingerprint density at radius 3 is 2.38 bits per heavy atom. The minimum Gasteiger partial charge on any atom is -0.484 e. The van der Waals surface area contributed by atoms with Crippen molar-refractivity contribution in [1.29, 1.82) is 0 Å². The number of nitrogens with one attached hydrogen (secondary N) is 1. The van der Waals surface area contributed by atoms with Gasteiger partial charge in [-0.3, -0.25) is 4.79 Å². The lowest BCUT2D eigenvalue weighted by Crippen LogP contribution is -2.31. The summed E-state index contributed by atoms with van der Waals surface area (Å²) in [5.74, 6) is -0.217. The topological polar surface area (TPSA) is 38.3 Å². The summed E-state index contributed by atoms with van der Waals surface area (Å²) >= 11 is 6.05. The maximum Gasteiger partial charge on any atom is 0.416 e. The number of hydrogen-bond acceptors (Lipinski definition) is 2. The smallest absolute Gasteiger partial charge is 0.416 e. The molecule has 3 nitrogen and oxygen atoms in total. The van der Waals surface area contributed by atoms with Crippen LogP contribution in [-0.4, -0.2) is 12.5 Å². The van der Waals surface area contributed by atoms with Crippen LogP contribution in [0.1, 0.15) is 24.1 Å². The van der Waals surface area contributed by atoms with Crippen LogP contribution in [-0.2, 0) is 11.0 Å². The first-order chi connectivity index (χ1) is 11.3. The predicted molar refractivity (Wildman–Crippen MR) is 84.9 cm³/mol. The van der Waals surface area contributed by atoms with Gasteiger partial charge in [0.05, 0.1) is 11.6 Å². The van der Waals surface area contributed by atoms with Gasteiger partial charge in [0.1, 0.15) is 5.75 Å². The minimum atomic E-state index is -4.40. The Labute approximate surface area is 142 Å². The molecule has 7 heteroatoms. The van der Waals surface area contributed by atoms with E-state index in [0.717, 1.165) is 17.7 Å². The summed E-state index contributed by atoms with van der Waals surface area (Å²) < 4.78 is 42.6. The van der Waals surface area contributed by atoms with Gasteiger partial charge in [0.25, 0.3) is 5.91 Å². The molecule has 0 fully saturated rings. The van der Waals surface area contributed by atoms with Gasteiger partial charge in [-0.05, 0) is 42.8 Å². The molecule has 0 bridgehead atoms. The van der Waals surface area contributed by atoms with Crippen LogP contribution >= 0.6 is 11.6 Å². The maximum atomic E-state index is 12.5. The molecule has 1 N–H and O–H groups in total. The van der Waals surface area contributed by atoms with Crippen LogP contribution in [0.5, 0.6) is 5.75 Å². The molecule has 1 amide bonds. The second-order valence-corrected chi connectivity index (χ2v) is 5.53. The monoisotopic (exact) mass is 357 g/mol. The number of benzene rings is 2. The number of alkyl halides is 3. The zero-order valence-corrected chi connectivity index (χ0v) is 13.5. The van der Waals surface area contributed by atoms with Crippen molar-refractivity contribution < 1.29 is 22.7 Å². The van der Waals surface area contributed by atoms with E-state index in [1.165, 1.54) is 12.1 Å². The summed E-state index contributed by atoms with van der Waals surface area (Å²) in [7, 11) is 0. The number of halogens is 4. The number of carbonyl (C=O) groups excluding carboxylic acids is 1. The Morgan fingerprint density at radius 2 is 1.79 bits per heavy atom. The Bertz CT molecular complexity index is 702. The Kier molecular flexibility index (Phi) is 5.72. The van der Waals surface area contributed by atoms with Crippen molar-refractivity contribution in [2.45, 2.75) is 19.1 Å². The molecule has 0 unspecified atom stereocenters. The summed E-state index contributed by atoms with van der Waals surface area (Å²) in [5.41, 5.74) is -0.00584. The highest BCUT2D eigenvalue weighted by molar-refractivity contribution is 6.31. The molecule has 2 aromatic rings. The Balaban J connectivity index is 1.88. The van der Waals surface area contributed by atoms with Crippen molar-refractivity contribution in [3.63, 3.8) is 0 Å². The largest absolute Gasteiger partial charge is 0.484 e. The molecule has 24 heavy (non-hydrogen) atoms. The zero-order chi connectivity index (χ0) is 17.7. The third-order valence-electron chi connectivity index (χ3n) is 3.30. The quantitative estimate of drug-likeness (QED) is 0.848. The lowest BCUT2D eigenvalue weighted by atomic mass is 10.1.